The van der Waals surface area contributed by atoms with Crippen LogP contribution in [0.1, 0.15) is 17.0 Å². The Morgan fingerprint density at radius 2 is 2.04 bits per heavy atom. The summed E-state index contributed by atoms with van der Waals surface area (Å²) in [7, 11) is 0. The Labute approximate surface area is 151 Å². The number of fused-ring (bicyclic) bond motifs is 1. The van der Waals surface area contributed by atoms with Crippen molar-refractivity contribution in [1.82, 2.24) is 9.97 Å². The van der Waals surface area contributed by atoms with Gasteiger partial charge in [-0.3, -0.25) is 14.9 Å². The summed E-state index contributed by atoms with van der Waals surface area (Å²) in [4.78, 5) is 29.6. The number of halogens is 2. The van der Waals surface area contributed by atoms with Gasteiger partial charge < -0.3 is 4.98 Å². The minimum atomic E-state index is -0.460. The molecule has 1 aromatic heterocycles. The van der Waals surface area contributed by atoms with E-state index in [9.17, 15) is 14.9 Å². The number of nitro groups is 1. The zero-order valence-corrected chi connectivity index (χ0v) is 14.4. The number of aryl methyl sites for hydroxylation is 1. The summed E-state index contributed by atoms with van der Waals surface area (Å²) in [5.41, 5.74) is 1.12. The molecule has 1 N–H and O–H groups in total. The van der Waals surface area contributed by atoms with Crippen molar-refractivity contribution >= 4 is 50.9 Å². The quantitative estimate of drug-likeness (QED) is 0.537. The molecule has 6 nitrogen and oxygen atoms in total. The number of rotatable bonds is 3. The average molecular weight is 376 g/mol. The summed E-state index contributed by atoms with van der Waals surface area (Å²) < 4.78 is 0. The fourth-order valence-electron chi connectivity index (χ4n) is 2.35. The Kier molecular flexibility index (Phi) is 4.57. The topological polar surface area (TPSA) is 88.9 Å². The molecule has 0 atom stereocenters. The van der Waals surface area contributed by atoms with Crippen LogP contribution >= 0.6 is 23.2 Å². The number of nitrogens with zero attached hydrogens (tertiary/aromatic N) is 2. The smallest absolute Gasteiger partial charge is 0.272 e. The van der Waals surface area contributed by atoms with E-state index < -0.39 is 4.92 Å². The molecule has 0 bridgehead atoms. The predicted octanol–water partition coefficient (Wildman–Crippen LogP) is 4.53. The Balaban J connectivity index is 2.09. The molecule has 25 heavy (non-hydrogen) atoms. The van der Waals surface area contributed by atoms with Gasteiger partial charge in [-0.15, -0.1) is 0 Å². The van der Waals surface area contributed by atoms with Crippen molar-refractivity contribution in [2.75, 3.05) is 0 Å². The molecular formula is C17H11Cl2N3O3. The largest absolute Gasteiger partial charge is 0.305 e. The van der Waals surface area contributed by atoms with E-state index in [4.69, 9.17) is 23.2 Å². The lowest BCUT2D eigenvalue weighted by molar-refractivity contribution is -0.385. The number of aromatic nitrogens is 2. The van der Waals surface area contributed by atoms with E-state index in [1.54, 1.807) is 37.3 Å². The Morgan fingerprint density at radius 3 is 2.76 bits per heavy atom. The van der Waals surface area contributed by atoms with E-state index in [2.05, 4.69) is 9.97 Å². The molecule has 0 spiro atoms. The van der Waals surface area contributed by atoms with Crippen LogP contribution in [-0.4, -0.2) is 14.9 Å². The van der Waals surface area contributed by atoms with Gasteiger partial charge in [-0.05, 0) is 36.8 Å². The first-order chi connectivity index (χ1) is 11.8. The van der Waals surface area contributed by atoms with Crippen LogP contribution in [0.3, 0.4) is 0 Å². The Morgan fingerprint density at radius 1 is 1.28 bits per heavy atom. The fraction of sp³-hybridized carbons (Fsp3) is 0.0588. The van der Waals surface area contributed by atoms with Gasteiger partial charge in [0.2, 0.25) is 0 Å². The molecule has 0 fully saturated rings. The van der Waals surface area contributed by atoms with Crippen LogP contribution in [0.15, 0.2) is 41.2 Å². The normalized spacial score (nSPS) is 11.7. The van der Waals surface area contributed by atoms with E-state index in [0.29, 0.717) is 27.1 Å². The maximum Gasteiger partial charge on any atom is 0.272 e. The SMILES string of the molecule is Cc1ccc(/C=C(\Cl)c2nc3cc(Cl)ccc3c(=O)[nH]2)cc1[N+](=O)[O-]. The molecule has 1 heterocycles. The molecule has 8 heteroatoms. The maximum atomic E-state index is 12.1. The molecule has 0 saturated heterocycles. The minimum Gasteiger partial charge on any atom is -0.305 e. The maximum absolute atomic E-state index is 12.1. The first kappa shape index (κ1) is 17.1. The highest BCUT2D eigenvalue weighted by Gasteiger charge is 2.12. The van der Waals surface area contributed by atoms with Crippen LogP contribution < -0.4 is 5.56 Å². The van der Waals surface area contributed by atoms with E-state index in [1.807, 2.05) is 0 Å². The van der Waals surface area contributed by atoms with Gasteiger partial charge in [0.25, 0.3) is 11.2 Å². The fourth-order valence-corrected chi connectivity index (χ4v) is 2.74. The number of aromatic amines is 1. The van der Waals surface area contributed by atoms with Crippen molar-refractivity contribution < 1.29 is 4.92 Å². The number of nitro benzene ring substituents is 1. The first-order valence-corrected chi connectivity index (χ1v) is 7.93. The molecule has 0 aliphatic rings. The molecule has 0 amide bonds. The average Bonchev–Trinajstić information content (AvgIpc) is 2.55. The van der Waals surface area contributed by atoms with Crippen molar-refractivity contribution in [3.63, 3.8) is 0 Å². The van der Waals surface area contributed by atoms with E-state index in [1.165, 1.54) is 12.1 Å². The lowest BCUT2D eigenvalue weighted by Gasteiger charge is -2.03. The predicted molar refractivity (Wildman–Crippen MR) is 98.9 cm³/mol. The highest BCUT2D eigenvalue weighted by atomic mass is 35.5. The summed E-state index contributed by atoms with van der Waals surface area (Å²) in [5.74, 6) is 0.157. The number of hydrogen-bond donors (Lipinski definition) is 1. The lowest BCUT2D eigenvalue weighted by Crippen LogP contribution is -2.10. The zero-order valence-electron chi connectivity index (χ0n) is 12.9. The third-order valence-corrected chi connectivity index (χ3v) is 4.14. The number of H-pyrrole nitrogens is 1. The standard InChI is InChI=1S/C17H11Cl2N3O3/c1-9-2-3-10(7-15(9)22(24)25)6-13(19)16-20-14-8-11(18)4-5-12(14)17(23)21-16/h2-8H,1H3,(H,20,21,23)/b13-6-. The molecule has 0 radical (unpaired) electrons. The lowest BCUT2D eigenvalue weighted by atomic mass is 10.1. The molecule has 126 valence electrons. The minimum absolute atomic E-state index is 0.00929. The van der Waals surface area contributed by atoms with Gasteiger partial charge in [-0.1, -0.05) is 35.3 Å². The molecule has 3 rings (SSSR count). The third kappa shape index (κ3) is 3.55. The summed E-state index contributed by atoms with van der Waals surface area (Å²) in [6.45, 7) is 1.65. The van der Waals surface area contributed by atoms with E-state index in [0.717, 1.165) is 0 Å². The molecule has 2 aromatic carbocycles. The van der Waals surface area contributed by atoms with Gasteiger partial charge in [0.15, 0.2) is 5.82 Å². The van der Waals surface area contributed by atoms with Crippen LogP contribution in [0.2, 0.25) is 5.02 Å². The molecule has 0 aliphatic carbocycles. The van der Waals surface area contributed by atoms with Gasteiger partial charge >= 0.3 is 0 Å². The molecule has 0 unspecified atom stereocenters. The highest BCUT2D eigenvalue weighted by Crippen LogP contribution is 2.25. The van der Waals surface area contributed by atoms with Crippen molar-refractivity contribution in [3.05, 3.63) is 78.8 Å². The number of hydrogen-bond acceptors (Lipinski definition) is 4. The second-order valence-electron chi connectivity index (χ2n) is 5.37. The van der Waals surface area contributed by atoms with Gasteiger partial charge in [-0.25, -0.2) is 4.98 Å². The Bertz CT molecular complexity index is 1090. The molecule has 3 aromatic rings. The van der Waals surface area contributed by atoms with Gasteiger partial charge in [0.05, 0.1) is 20.9 Å². The molecular weight excluding hydrogens is 365 g/mol. The van der Waals surface area contributed by atoms with Gasteiger partial charge in [-0.2, -0.15) is 0 Å². The van der Waals surface area contributed by atoms with Crippen molar-refractivity contribution in [2.24, 2.45) is 0 Å². The summed E-state index contributed by atoms with van der Waals surface area (Å²) in [6, 6.07) is 9.48. The van der Waals surface area contributed by atoms with Gasteiger partial charge in [0.1, 0.15) is 0 Å². The highest BCUT2D eigenvalue weighted by molar-refractivity contribution is 6.50. The van der Waals surface area contributed by atoms with Crippen molar-refractivity contribution in [3.8, 4) is 0 Å². The monoisotopic (exact) mass is 375 g/mol. The second kappa shape index (κ2) is 6.66. The third-order valence-electron chi connectivity index (χ3n) is 3.62. The van der Waals surface area contributed by atoms with Crippen LogP contribution in [0.4, 0.5) is 5.69 Å². The zero-order chi connectivity index (χ0) is 18.1. The number of benzene rings is 2. The van der Waals surface area contributed by atoms with E-state index >= 15 is 0 Å². The number of nitrogens with one attached hydrogen (secondary N) is 1. The van der Waals surface area contributed by atoms with E-state index in [-0.39, 0.29) is 22.1 Å². The summed E-state index contributed by atoms with van der Waals surface area (Å²) >= 11 is 12.2. The molecule has 0 saturated carbocycles. The van der Waals surface area contributed by atoms with Crippen LogP contribution in [-0.2, 0) is 0 Å². The van der Waals surface area contributed by atoms with Crippen molar-refractivity contribution in [1.29, 1.82) is 0 Å². The first-order valence-electron chi connectivity index (χ1n) is 7.17. The second-order valence-corrected chi connectivity index (χ2v) is 6.21. The van der Waals surface area contributed by atoms with Crippen LogP contribution in [0.25, 0.3) is 22.0 Å². The van der Waals surface area contributed by atoms with Crippen molar-refractivity contribution in [2.45, 2.75) is 6.92 Å². The Hall–Kier alpha value is -2.70. The molecule has 0 aliphatic heterocycles. The summed E-state index contributed by atoms with van der Waals surface area (Å²) in [6.07, 6.45) is 1.50. The van der Waals surface area contributed by atoms with Gasteiger partial charge in [0, 0.05) is 16.7 Å². The van der Waals surface area contributed by atoms with Crippen LogP contribution in [0.5, 0.6) is 0 Å². The van der Waals surface area contributed by atoms with Crippen LogP contribution in [0, 0.1) is 17.0 Å². The summed E-state index contributed by atoms with van der Waals surface area (Å²) in [5, 5.41) is 12.0.